The maximum absolute atomic E-state index is 11.6. The summed E-state index contributed by atoms with van der Waals surface area (Å²) in [6.07, 6.45) is 1.12. The number of carboxylic acid groups (broad SMARTS) is 1. The first-order valence-corrected chi connectivity index (χ1v) is 7.13. The number of hydrogen-bond acceptors (Lipinski definition) is 4. The lowest BCUT2D eigenvalue weighted by Gasteiger charge is -2.14. The number of carbonyl (C=O) groups excluding carboxylic acids is 1. The van der Waals surface area contributed by atoms with Gasteiger partial charge in [-0.15, -0.1) is 11.8 Å². The van der Waals surface area contributed by atoms with Crippen molar-refractivity contribution in [2.45, 2.75) is 29.9 Å². The second kappa shape index (κ2) is 6.10. The first kappa shape index (κ1) is 13.9. The van der Waals surface area contributed by atoms with Gasteiger partial charge in [-0.25, -0.2) is 0 Å². The molecule has 0 radical (unpaired) electrons. The molecular weight excluding hydrogens is 264 g/mol. The molecule has 1 aromatic carbocycles. The summed E-state index contributed by atoms with van der Waals surface area (Å²) in [5, 5.41) is 9.27. The average Bonchev–Trinajstić information content (AvgIpc) is 2.78. The average molecular weight is 280 g/mol. The molecule has 2 unspecified atom stereocenters. The van der Waals surface area contributed by atoms with E-state index >= 15 is 0 Å². The summed E-state index contributed by atoms with van der Waals surface area (Å²) in [5.41, 5.74) is 1.23. The van der Waals surface area contributed by atoms with Gasteiger partial charge in [0, 0.05) is 10.1 Å². The molecule has 1 aliphatic rings. The van der Waals surface area contributed by atoms with E-state index in [2.05, 4.69) is 0 Å². The van der Waals surface area contributed by atoms with Crippen LogP contribution in [0.25, 0.3) is 0 Å². The quantitative estimate of drug-likeness (QED) is 0.662. The van der Waals surface area contributed by atoms with E-state index in [1.54, 1.807) is 18.7 Å². The highest BCUT2D eigenvalue weighted by Gasteiger charge is 2.33. The van der Waals surface area contributed by atoms with Crippen molar-refractivity contribution in [1.82, 2.24) is 0 Å². The minimum Gasteiger partial charge on any atom is -0.481 e. The molecule has 1 N–H and O–H groups in total. The molecule has 0 aliphatic carbocycles. The van der Waals surface area contributed by atoms with Gasteiger partial charge in [-0.1, -0.05) is 18.2 Å². The van der Waals surface area contributed by atoms with Gasteiger partial charge in [-0.2, -0.15) is 0 Å². The number of rotatable bonds is 5. The van der Waals surface area contributed by atoms with Crippen molar-refractivity contribution in [3.05, 3.63) is 29.8 Å². The zero-order chi connectivity index (χ0) is 13.8. The van der Waals surface area contributed by atoms with E-state index in [0.717, 1.165) is 6.42 Å². The fourth-order valence-corrected chi connectivity index (χ4v) is 3.56. The molecule has 0 saturated carbocycles. The molecule has 102 valence electrons. The third kappa shape index (κ3) is 3.29. The number of hydrogen-bond donors (Lipinski definition) is 1. The van der Waals surface area contributed by atoms with E-state index in [4.69, 9.17) is 9.84 Å². The predicted octanol–water partition coefficient (Wildman–Crippen LogP) is 2.36. The van der Waals surface area contributed by atoms with E-state index in [1.165, 1.54) is 10.5 Å². The summed E-state index contributed by atoms with van der Waals surface area (Å²) < 4.78 is 4.82. The first-order valence-electron chi connectivity index (χ1n) is 6.25. The van der Waals surface area contributed by atoms with Gasteiger partial charge in [0.05, 0.1) is 6.61 Å². The fourth-order valence-electron chi connectivity index (χ4n) is 2.19. The minimum atomic E-state index is -1.10. The van der Waals surface area contributed by atoms with Crippen LogP contribution in [0.15, 0.2) is 29.2 Å². The largest absolute Gasteiger partial charge is 0.481 e. The highest BCUT2D eigenvalue weighted by molar-refractivity contribution is 8.00. The van der Waals surface area contributed by atoms with Gasteiger partial charge in [0.25, 0.3) is 0 Å². The van der Waals surface area contributed by atoms with Crippen molar-refractivity contribution in [3.8, 4) is 0 Å². The maximum atomic E-state index is 11.6. The lowest BCUT2D eigenvalue weighted by Crippen LogP contribution is -2.29. The molecular formula is C14H16O4S. The highest BCUT2D eigenvalue weighted by Crippen LogP contribution is 2.39. The van der Waals surface area contributed by atoms with Crippen LogP contribution in [-0.2, 0) is 20.7 Å². The van der Waals surface area contributed by atoms with Crippen molar-refractivity contribution in [3.63, 3.8) is 0 Å². The molecule has 5 heteroatoms. The van der Waals surface area contributed by atoms with Gasteiger partial charge in [0.1, 0.15) is 0 Å². The van der Waals surface area contributed by atoms with E-state index in [0.29, 0.717) is 6.42 Å². The Balaban J connectivity index is 2.01. The summed E-state index contributed by atoms with van der Waals surface area (Å²) in [7, 11) is 0. The van der Waals surface area contributed by atoms with Gasteiger partial charge in [0.15, 0.2) is 5.92 Å². The molecule has 1 aliphatic heterocycles. The molecule has 0 amide bonds. The van der Waals surface area contributed by atoms with Crippen molar-refractivity contribution in [2.75, 3.05) is 6.61 Å². The zero-order valence-electron chi connectivity index (χ0n) is 10.7. The van der Waals surface area contributed by atoms with Gasteiger partial charge >= 0.3 is 11.9 Å². The Morgan fingerprint density at radius 1 is 1.47 bits per heavy atom. The normalized spacial score (nSPS) is 18.7. The van der Waals surface area contributed by atoms with E-state index in [1.807, 2.05) is 24.3 Å². The number of benzene rings is 1. The van der Waals surface area contributed by atoms with Crippen molar-refractivity contribution in [1.29, 1.82) is 0 Å². The van der Waals surface area contributed by atoms with Gasteiger partial charge in [0.2, 0.25) is 0 Å². The van der Waals surface area contributed by atoms with E-state index in [9.17, 15) is 9.59 Å². The second-order valence-electron chi connectivity index (χ2n) is 4.43. The van der Waals surface area contributed by atoms with Crippen LogP contribution < -0.4 is 0 Å². The molecule has 1 heterocycles. The number of aliphatic carboxylic acids is 1. The first-order chi connectivity index (χ1) is 9.11. The number of carboxylic acids is 1. The highest BCUT2D eigenvalue weighted by atomic mass is 32.2. The Morgan fingerprint density at radius 3 is 2.84 bits per heavy atom. The van der Waals surface area contributed by atoms with Crippen LogP contribution >= 0.6 is 11.8 Å². The standard InChI is InChI=1S/C14H16O4S/c1-2-18-14(17)11(13(15)16)8-10-7-9-5-3-4-6-12(9)19-10/h3-6,10-11H,2,7-8H2,1H3,(H,15,16). The Bertz CT molecular complexity index is 461. The summed E-state index contributed by atoms with van der Waals surface area (Å²) in [5.74, 6) is -2.80. The van der Waals surface area contributed by atoms with E-state index in [-0.39, 0.29) is 11.9 Å². The maximum Gasteiger partial charge on any atom is 0.320 e. The molecule has 1 aromatic rings. The lowest BCUT2D eigenvalue weighted by molar-refractivity contribution is -0.158. The van der Waals surface area contributed by atoms with Gasteiger partial charge < -0.3 is 9.84 Å². The summed E-state index contributed by atoms with van der Waals surface area (Å²) in [6, 6.07) is 8.01. The topological polar surface area (TPSA) is 63.6 Å². The molecule has 0 aromatic heterocycles. The smallest absolute Gasteiger partial charge is 0.320 e. The Morgan fingerprint density at radius 2 is 2.21 bits per heavy atom. The molecule has 0 spiro atoms. The SMILES string of the molecule is CCOC(=O)C(CC1Cc2ccccc2S1)C(=O)O. The van der Waals surface area contributed by atoms with Crippen LogP contribution in [0.2, 0.25) is 0 Å². The van der Waals surface area contributed by atoms with Crippen LogP contribution in [0.1, 0.15) is 18.9 Å². The van der Waals surface area contributed by atoms with Crippen LogP contribution in [0.5, 0.6) is 0 Å². The summed E-state index contributed by atoms with van der Waals surface area (Å²) in [6.45, 7) is 1.89. The van der Waals surface area contributed by atoms with Crippen LogP contribution in [0.4, 0.5) is 0 Å². The van der Waals surface area contributed by atoms with Crippen LogP contribution in [0, 0.1) is 5.92 Å². The molecule has 2 rings (SSSR count). The van der Waals surface area contributed by atoms with E-state index < -0.39 is 17.9 Å². The Kier molecular flexibility index (Phi) is 4.47. The molecule has 0 saturated heterocycles. The third-order valence-corrected chi connectivity index (χ3v) is 4.43. The monoisotopic (exact) mass is 280 g/mol. The Labute approximate surface area is 116 Å². The molecule has 0 fully saturated rings. The second-order valence-corrected chi connectivity index (χ2v) is 5.77. The van der Waals surface area contributed by atoms with Gasteiger partial charge in [-0.05, 0) is 31.4 Å². The number of ether oxygens (including phenoxy) is 1. The molecule has 19 heavy (non-hydrogen) atoms. The molecule has 2 atom stereocenters. The zero-order valence-corrected chi connectivity index (χ0v) is 11.5. The molecule has 0 bridgehead atoms. The molecule has 4 nitrogen and oxygen atoms in total. The summed E-state index contributed by atoms with van der Waals surface area (Å²) >= 11 is 1.65. The van der Waals surface area contributed by atoms with Crippen molar-refractivity contribution in [2.24, 2.45) is 5.92 Å². The van der Waals surface area contributed by atoms with Crippen LogP contribution in [-0.4, -0.2) is 28.9 Å². The van der Waals surface area contributed by atoms with Crippen molar-refractivity contribution >= 4 is 23.7 Å². The van der Waals surface area contributed by atoms with Gasteiger partial charge in [-0.3, -0.25) is 9.59 Å². The lowest BCUT2D eigenvalue weighted by atomic mass is 9.99. The number of fused-ring (bicyclic) bond motifs is 1. The Hall–Kier alpha value is -1.49. The third-order valence-electron chi connectivity index (χ3n) is 3.08. The minimum absolute atomic E-state index is 0.128. The fraction of sp³-hybridized carbons (Fsp3) is 0.429. The van der Waals surface area contributed by atoms with Crippen molar-refractivity contribution < 1.29 is 19.4 Å². The predicted molar refractivity (Wildman–Crippen MR) is 72.2 cm³/mol. The summed E-state index contributed by atoms with van der Waals surface area (Å²) in [4.78, 5) is 24.0. The number of thioether (sulfide) groups is 1. The number of carbonyl (C=O) groups is 2. The number of esters is 1. The van der Waals surface area contributed by atoms with Crippen LogP contribution in [0.3, 0.4) is 0 Å².